The quantitative estimate of drug-likeness (QED) is 0.423. The summed E-state index contributed by atoms with van der Waals surface area (Å²) in [7, 11) is -3.92. The summed E-state index contributed by atoms with van der Waals surface area (Å²) in [5, 5.41) is 12.8. The molecule has 10 nitrogen and oxygen atoms in total. The lowest BCUT2D eigenvalue weighted by atomic mass is 9.99. The van der Waals surface area contributed by atoms with Crippen molar-refractivity contribution in [2.45, 2.75) is 101 Å². The number of ether oxygens (including phenoxy) is 5. The van der Waals surface area contributed by atoms with Crippen LogP contribution in [0.25, 0.3) is 0 Å². The van der Waals surface area contributed by atoms with E-state index in [9.17, 15) is 9.77 Å². The highest BCUT2D eigenvalue weighted by molar-refractivity contribution is 7.54. The Balaban J connectivity index is 1.27. The fourth-order valence-electron chi connectivity index (χ4n) is 6.10. The zero-order valence-electron chi connectivity index (χ0n) is 23.3. The van der Waals surface area contributed by atoms with Crippen LogP contribution in [-0.4, -0.2) is 64.4 Å². The minimum absolute atomic E-state index is 0.0642. The fourth-order valence-corrected chi connectivity index (χ4v) is 8.09. The highest BCUT2D eigenvalue weighted by atomic mass is 31.2. The van der Waals surface area contributed by atoms with E-state index in [2.05, 4.69) is 0 Å². The molecule has 11 heteroatoms. The molecule has 1 spiro atoms. The molecular formula is C29H38NO9P. The molecule has 6 rings (SSSR count). The number of benzene rings is 2. The van der Waals surface area contributed by atoms with Gasteiger partial charge in [-0.2, -0.15) is 0 Å². The highest BCUT2D eigenvalue weighted by Crippen LogP contribution is 2.63. The summed E-state index contributed by atoms with van der Waals surface area (Å²) in [6, 6.07) is 18.9. The lowest BCUT2D eigenvalue weighted by Gasteiger charge is -2.38. The van der Waals surface area contributed by atoms with E-state index in [0.717, 1.165) is 16.2 Å². The lowest BCUT2D eigenvalue weighted by Crippen LogP contribution is -2.54. The second kappa shape index (κ2) is 10.5. The molecule has 0 amide bonds. The van der Waals surface area contributed by atoms with Gasteiger partial charge < -0.3 is 37.9 Å². The summed E-state index contributed by atoms with van der Waals surface area (Å²) in [5.41, 5.74) is 0.359. The molecule has 6 atom stereocenters. The van der Waals surface area contributed by atoms with Crippen LogP contribution in [0.5, 0.6) is 0 Å². The molecule has 0 radical (unpaired) electrons. The Hall–Kier alpha value is -1.69. The Morgan fingerprint density at radius 3 is 2.00 bits per heavy atom. The van der Waals surface area contributed by atoms with E-state index in [4.69, 9.17) is 32.7 Å². The number of rotatable bonds is 8. The topological polar surface area (TPSA) is 105 Å². The monoisotopic (exact) mass is 575 g/mol. The molecule has 4 saturated heterocycles. The standard InChI is InChI=1S/C29H38NO9P/c1-27(2)33-19-22(36-27)24-25-26(39-28(3,4)37-25)29(38-24)16-15-23(30(29)31)40(32,34-17-20-11-7-5-8-12-20)35-18-21-13-9-6-10-14-21/h5-14,22-26,31H,15-19H2,1-4H3/t22-,23?,24-,25+,26+,29+/m1/s1. The third kappa shape index (κ3) is 5.31. The largest absolute Gasteiger partial charge is 0.350 e. The van der Waals surface area contributed by atoms with Gasteiger partial charge in [0, 0.05) is 0 Å². The summed E-state index contributed by atoms with van der Waals surface area (Å²) in [4.78, 5) is 0. The predicted octanol–water partition coefficient (Wildman–Crippen LogP) is 5.19. The van der Waals surface area contributed by atoms with Crippen LogP contribution in [0.1, 0.15) is 51.7 Å². The Morgan fingerprint density at radius 2 is 1.45 bits per heavy atom. The summed E-state index contributed by atoms with van der Waals surface area (Å²) < 4.78 is 57.8. The summed E-state index contributed by atoms with van der Waals surface area (Å²) in [6.07, 6.45) is -1.56. The van der Waals surface area contributed by atoms with Gasteiger partial charge >= 0.3 is 7.60 Å². The van der Waals surface area contributed by atoms with Crippen LogP contribution in [0.2, 0.25) is 0 Å². The molecule has 4 heterocycles. The summed E-state index contributed by atoms with van der Waals surface area (Å²) in [5.74, 6) is -2.66. The van der Waals surface area contributed by atoms with Gasteiger partial charge in [0.2, 0.25) is 0 Å². The molecule has 2 aromatic rings. The first-order valence-electron chi connectivity index (χ1n) is 13.8. The van der Waals surface area contributed by atoms with E-state index >= 15 is 0 Å². The first-order chi connectivity index (χ1) is 19.0. The van der Waals surface area contributed by atoms with E-state index in [1.165, 1.54) is 0 Å². The first kappa shape index (κ1) is 28.4. The lowest BCUT2D eigenvalue weighted by molar-refractivity contribution is -0.313. The summed E-state index contributed by atoms with van der Waals surface area (Å²) >= 11 is 0. The van der Waals surface area contributed by atoms with Crippen LogP contribution in [0, 0.1) is 0 Å². The molecule has 40 heavy (non-hydrogen) atoms. The van der Waals surface area contributed by atoms with Crippen LogP contribution >= 0.6 is 7.60 Å². The van der Waals surface area contributed by atoms with Crippen molar-refractivity contribution < 1.29 is 42.5 Å². The van der Waals surface area contributed by atoms with Gasteiger partial charge in [-0.1, -0.05) is 60.7 Å². The van der Waals surface area contributed by atoms with Gasteiger partial charge in [0.05, 0.1) is 19.8 Å². The number of fused-ring (bicyclic) bond motifs is 2. The van der Waals surface area contributed by atoms with Gasteiger partial charge in [0.15, 0.2) is 17.3 Å². The Kier molecular flexibility index (Phi) is 7.49. The summed E-state index contributed by atoms with van der Waals surface area (Å²) in [6.45, 7) is 7.80. The fraction of sp³-hybridized carbons (Fsp3) is 0.586. The maximum atomic E-state index is 14.5. The van der Waals surface area contributed by atoms with E-state index in [1.54, 1.807) is 0 Å². The van der Waals surface area contributed by atoms with E-state index in [-0.39, 0.29) is 13.2 Å². The maximum absolute atomic E-state index is 14.5. The van der Waals surface area contributed by atoms with Gasteiger partial charge in [0.1, 0.15) is 30.2 Å². The molecule has 4 aliphatic rings. The molecule has 1 unspecified atom stereocenters. The number of hydrogen-bond acceptors (Lipinski definition) is 10. The zero-order valence-corrected chi connectivity index (χ0v) is 24.2. The number of nitrogens with zero attached hydrogens (tertiary/aromatic N) is 1. The van der Waals surface area contributed by atoms with Crippen molar-refractivity contribution in [3.63, 3.8) is 0 Å². The average molecular weight is 576 g/mol. The molecular weight excluding hydrogens is 537 g/mol. The SMILES string of the molecule is CC1(C)OC[C@H]([C@H]2O[C@@]3(CCC(P(=O)(OCc4ccccc4)OCc4ccccc4)N3O)[C@H]3OC(C)(C)O[C@@H]23)O1. The van der Waals surface area contributed by atoms with Crippen LogP contribution in [-0.2, 0) is 50.5 Å². The molecule has 0 saturated carbocycles. The van der Waals surface area contributed by atoms with Crippen LogP contribution in [0.4, 0.5) is 0 Å². The highest BCUT2D eigenvalue weighted by Gasteiger charge is 2.71. The number of hydrogen-bond donors (Lipinski definition) is 1. The zero-order chi connectivity index (χ0) is 28.2. The van der Waals surface area contributed by atoms with Crippen molar-refractivity contribution in [1.82, 2.24) is 5.06 Å². The molecule has 0 aromatic heterocycles. The molecule has 4 aliphatic heterocycles. The Bertz CT molecular complexity index is 1180. The van der Waals surface area contributed by atoms with Crippen LogP contribution < -0.4 is 0 Å². The van der Waals surface area contributed by atoms with E-state index < -0.39 is 55.1 Å². The van der Waals surface area contributed by atoms with Crippen molar-refractivity contribution in [2.75, 3.05) is 6.61 Å². The van der Waals surface area contributed by atoms with Crippen molar-refractivity contribution in [2.24, 2.45) is 0 Å². The van der Waals surface area contributed by atoms with Crippen LogP contribution in [0.15, 0.2) is 60.7 Å². The van der Waals surface area contributed by atoms with Crippen molar-refractivity contribution in [3.8, 4) is 0 Å². The van der Waals surface area contributed by atoms with Crippen molar-refractivity contribution in [3.05, 3.63) is 71.8 Å². The first-order valence-corrected chi connectivity index (χ1v) is 15.4. The Morgan fingerprint density at radius 1 is 0.850 bits per heavy atom. The van der Waals surface area contributed by atoms with Gasteiger partial charge in [-0.05, 0) is 51.7 Å². The minimum atomic E-state index is -3.92. The third-order valence-corrected chi connectivity index (χ3v) is 10.1. The molecule has 0 aliphatic carbocycles. The van der Waals surface area contributed by atoms with Gasteiger partial charge in [-0.15, -0.1) is 5.06 Å². The predicted molar refractivity (Wildman–Crippen MR) is 143 cm³/mol. The Labute approximate surface area is 234 Å². The second-order valence-corrected chi connectivity index (χ2v) is 13.9. The van der Waals surface area contributed by atoms with E-state index in [0.29, 0.717) is 19.4 Å². The van der Waals surface area contributed by atoms with Crippen molar-refractivity contribution >= 4 is 7.60 Å². The molecule has 2 aromatic carbocycles. The van der Waals surface area contributed by atoms with Gasteiger partial charge in [0.25, 0.3) is 0 Å². The van der Waals surface area contributed by atoms with Crippen molar-refractivity contribution in [1.29, 1.82) is 0 Å². The second-order valence-electron chi connectivity index (χ2n) is 11.7. The van der Waals surface area contributed by atoms with E-state index in [1.807, 2.05) is 88.4 Å². The smallest absolute Gasteiger partial charge is 0.348 e. The molecule has 218 valence electrons. The van der Waals surface area contributed by atoms with Gasteiger partial charge in [-0.25, -0.2) is 0 Å². The van der Waals surface area contributed by atoms with Gasteiger partial charge in [-0.3, -0.25) is 4.57 Å². The maximum Gasteiger partial charge on any atom is 0.350 e. The third-order valence-electron chi connectivity index (χ3n) is 7.94. The normalized spacial score (nSPS) is 35.0. The average Bonchev–Trinajstić information content (AvgIpc) is 3.64. The molecule has 1 N–H and O–H groups in total. The minimum Gasteiger partial charge on any atom is -0.348 e. The molecule has 0 bridgehead atoms. The number of hydroxylamine groups is 2. The van der Waals surface area contributed by atoms with Crippen LogP contribution in [0.3, 0.4) is 0 Å². The molecule has 4 fully saturated rings.